The second-order valence-corrected chi connectivity index (χ2v) is 6.94. The van der Waals surface area contributed by atoms with E-state index in [4.69, 9.17) is 9.47 Å². The number of rotatable bonds is 9. The van der Waals surface area contributed by atoms with E-state index in [1.54, 1.807) is 36.8 Å². The number of methoxy groups -OCH3 is 2. The average Bonchev–Trinajstić information content (AvgIpc) is 2.99. The van der Waals surface area contributed by atoms with Crippen LogP contribution in [0.5, 0.6) is 11.5 Å². The summed E-state index contributed by atoms with van der Waals surface area (Å²) in [5.41, 5.74) is 0.346. The molecule has 26 heavy (non-hydrogen) atoms. The van der Waals surface area contributed by atoms with Crippen LogP contribution >= 0.6 is 11.8 Å². The van der Waals surface area contributed by atoms with Crippen LogP contribution in [-0.2, 0) is 11.3 Å². The number of anilines is 1. The normalized spacial score (nSPS) is 11.8. The van der Waals surface area contributed by atoms with Gasteiger partial charge in [-0.3, -0.25) is 9.36 Å². The van der Waals surface area contributed by atoms with Gasteiger partial charge < -0.3 is 14.8 Å². The Balaban J connectivity index is 2.05. The number of carbonyl (C=O) groups excluding carboxylic acids is 1. The van der Waals surface area contributed by atoms with Crippen LogP contribution < -0.4 is 20.5 Å². The lowest BCUT2D eigenvalue weighted by molar-refractivity contribution is -0.115. The molecule has 0 spiro atoms. The van der Waals surface area contributed by atoms with Crippen molar-refractivity contribution in [2.75, 3.05) is 19.5 Å². The first-order valence-electron chi connectivity index (χ1n) is 8.34. The van der Waals surface area contributed by atoms with E-state index < -0.39 is 5.25 Å². The van der Waals surface area contributed by atoms with E-state index in [1.165, 1.54) is 18.9 Å². The van der Waals surface area contributed by atoms with E-state index in [-0.39, 0.29) is 11.6 Å². The molecule has 0 aliphatic heterocycles. The summed E-state index contributed by atoms with van der Waals surface area (Å²) in [5, 5.41) is 9.38. The SMILES string of the molecule is CCCCn1c(S[C@@H](C)C(=O)Nc2ccc(OC)c(OC)c2)n[nH]c1=O. The zero-order chi connectivity index (χ0) is 19.1. The van der Waals surface area contributed by atoms with E-state index in [9.17, 15) is 9.59 Å². The Hall–Kier alpha value is -2.42. The van der Waals surface area contributed by atoms with E-state index in [2.05, 4.69) is 22.4 Å². The first kappa shape index (κ1) is 19.9. The van der Waals surface area contributed by atoms with E-state index in [0.717, 1.165) is 12.8 Å². The molecule has 0 fully saturated rings. The molecule has 1 heterocycles. The maximum absolute atomic E-state index is 12.5. The van der Waals surface area contributed by atoms with Gasteiger partial charge in [-0.25, -0.2) is 9.89 Å². The average molecular weight is 380 g/mol. The summed E-state index contributed by atoms with van der Waals surface area (Å²) < 4.78 is 12.0. The molecule has 0 unspecified atom stereocenters. The van der Waals surface area contributed by atoms with Gasteiger partial charge in [0.25, 0.3) is 0 Å². The highest BCUT2D eigenvalue weighted by atomic mass is 32.2. The quantitative estimate of drug-likeness (QED) is 0.649. The lowest BCUT2D eigenvalue weighted by Crippen LogP contribution is -2.24. The maximum atomic E-state index is 12.5. The Kier molecular flexibility index (Phi) is 7.14. The number of hydrogen-bond donors (Lipinski definition) is 2. The Morgan fingerprint density at radius 1 is 1.35 bits per heavy atom. The summed E-state index contributed by atoms with van der Waals surface area (Å²) in [6.07, 6.45) is 1.84. The number of aromatic amines is 1. The van der Waals surface area contributed by atoms with E-state index in [1.807, 2.05) is 0 Å². The molecule has 0 saturated heterocycles. The van der Waals surface area contributed by atoms with Gasteiger partial charge in [0, 0.05) is 18.3 Å². The van der Waals surface area contributed by atoms with Crippen molar-refractivity contribution >= 4 is 23.4 Å². The summed E-state index contributed by atoms with van der Waals surface area (Å²) in [7, 11) is 3.09. The van der Waals surface area contributed by atoms with Gasteiger partial charge in [0.15, 0.2) is 16.7 Å². The lowest BCUT2D eigenvalue weighted by atomic mass is 10.2. The largest absolute Gasteiger partial charge is 0.493 e. The fourth-order valence-electron chi connectivity index (χ4n) is 2.28. The molecular weight excluding hydrogens is 356 g/mol. The molecule has 9 heteroatoms. The Labute approximate surface area is 156 Å². The molecule has 1 aromatic carbocycles. The first-order chi connectivity index (χ1) is 12.5. The van der Waals surface area contributed by atoms with Crippen LogP contribution in [-0.4, -0.2) is 40.1 Å². The molecule has 1 atom stereocenters. The number of carbonyl (C=O) groups is 1. The van der Waals surface area contributed by atoms with Crippen LogP contribution in [0.15, 0.2) is 28.2 Å². The van der Waals surface area contributed by atoms with Gasteiger partial charge in [-0.05, 0) is 25.5 Å². The smallest absolute Gasteiger partial charge is 0.343 e. The zero-order valence-electron chi connectivity index (χ0n) is 15.4. The van der Waals surface area contributed by atoms with Gasteiger partial charge in [-0.2, -0.15) is 0 Å². The van der Waals surface area contributed by atoms with Crippen molar-refractivity contribution < 1.29 is 14.3 Å². The molecule has 142 valence electrons. The van der Waals surface area contributed by atoms with Crippen LogP contribution in [0.4, 0.5) is 5.69 Å². The van der Waals surface area contributed by atoms with Crippen molar-refractivity contribution in [3.8, 4) is 11.5 Å². The third-order valence-electron chi connectivity index (χ3n) is 3.76. The number of nitrogens with zero attached hydrogens (tertiary/aromatic N) is 2. The molecular formula is C17H24N4O4S. The van der Waals surface area contributed by atoms with Gasteiger partial charge in [-0.15, -0.1) is 5.10 Å². The summed E-state index contributed by atoms with van der Waals surface area (Å²) in [6, 6.07) is 5.16. The molecule has 0 aliphatic carbocycles. The first-order valence-corrected chi connectivity index (χ1v) is 9.22. The van der Waals surface area contributed by atoms with Gasteiger partial charge in [0.1, 0.15) is 0 Å². The number of benzene rings is 1. The highest BCUT2D eigenvalue weighted by molar-refractivity contribution is 8.00. The van der Waals surface area contributed by atoms with Crippen LogP contribution in [0.25, 0.3) is 0 Å². The van der Waals surface area contributed by atoms with Crippen molar-refractivity contribution in [1.82, 2.24) is 14.8 Å². The van der Waals surface area contributed by atoms with Crippen molar-refractivity contribution in [3.63, 3.8) is 0 Å². The number of amides is 1. The topological polar surface area (TPSA) is 98.2 Å². The van der Waals surface area contributed by atoms with Crippen LogP contribution in [0, 0.1) is 0 Å². The van der Waals surface area contributed by atoms with Crippen molar-refractivity contribution in [2.45, 2.75) is 43.6 Å². The molecule has 1 amide bonds. The van der Waals surface area contributed by atoms with Gasteiger partial charge in [-0.1, -0.05) is 25.1 Å². The minimum Gasteiger partial charge on any atom is -0.493 e. The van der Waals surface area contributed by atoms with Crippen LogP contribution in [0.1, 0.15) is 26.7 Å². The van der Waals surface area contributed by atoms with Gasteiger partial charge in [0.2, 0.25) is 5.91 Å². The number of unbranched alkanes of at least 4 members (excludes halogenated alkanes) is 1. The molecule has 2 rings (SSSR count). The Bertz CT molecular complexity index is 802. The Morgan fingerprint density at radius 3 is 2.73 bits per heavy atom. The predicted molar refractivity (Wildman–Crippen MR) is 101 cm³/mol. The second-order valence-electron chi connectivity index (χ2n) is 5.64. The van der Waals surface area contributed by atoms with Crippen molar-refractivity contribution in [3.05, 3.63) is 28.7 Å². The highest BCUT2D eigenvalue weighted by Gasteiger charge is 2.19. The molecule has 0 radical (unpaired) electrons. The van der Waals surface area contributed by atoms with Gasteiger partial charge >= 0.3 is 5.69 Å². The van der Waals surface area contributed by atoms with E-state index >= 15 is 0 Å². The second kappa shape index (κ2) is 9.33. The molecule has 0 aliphatic rings. The number of hydrogen-bond acceptors (Lipinski definition) is 6. The van der Waals surface area contributed by atoms with E-state index in [0.29, 0.717) is 28.9 Å². The number of H-pyrrole nitrogens is 1. The molecule has 1 aromatic heterocycles. The monoisotopic (exact) mass is 380 g/mol. The fraction of sp³-hybridized carbons (Fsp3) is 0.471. The fourth-order valence-corrected chi connectivity index (χ4v) is 3.16. The Morgan fingerprint density at radius 2 is 2.08 bits per heavy atom. The number of thioether (sulfide) groups is 1. The maximum Gasteiger partial charge on any atom is 0.343 e. The van der Waals surface area contributed by atoms with Crippen LogP contribution in [0.3, 0.4) is 0 Å². The highest BCUT2D eigenvalue weighted by Crippen LogP contribution is 2.30. The number of aromatic nitrogens is 3. The molecule has 2 aromatic rings. The van der Waals surface area contributed by atoms with Crippen LogP contribution in [0.2, 0.25) is 0 Å². The summed E-state index contributed by atoms with van der Waals surface area (Å²) in [6.45, 7) is 4.40. The molecule has 0 bridgehead atoms. The zero-order valence-corrected chi connectivity index (χ0v) is 16.2. The minimum atomic E-state index is -0.432. The standard InChI is InChI=1S/C17H24N4O4S/c1-5-6-9-21-16(23)19-20-17(21)26-11(2)15(22)18-12-7-8-13(24-3)14(10-12)25-4/h7-8,10-11H,5-6,9H2,1-4H3,(H,18,22)(H,19,23)/t11-/m0/s1. The lowest BCUT2D eigenvalue weighted by Gasteiger charge is -2.14. The third kappa shape index (κ3) is 4.81. The molecule has 2 N–H and O–H groups in total. The van der Waals surface area contributed by atoms with Crippen molar-refractivity contribution in [2.24, 2.45) is 0 Å². The van der Waals surface area contributed by atoms with Crippen molar-refractivity contribution in [1.29, 1.82) is 0 Å². The molecule has 0 saturated carbocycles. The summed E-state index contributed by atoms with van der Waals surface area (Å²) in [5.74, 6) is 0.926. The third-order valence-corrected chi connectivity index (χ3v) is 4.85. The molecule has 8 nitrogen and oxygen atoms in total. The van der Waals surface area contributed by atoms with Gasteiger partial charge in [0.05, 0.1) is 19.5 Å². The summed E-state index contributed by atoms with van der Waals surface area (Å²) in [4.78, 5) is 24.3. The predicted octanol–water partition coefficient (Wildman–Crippen LogP) is 2.51. The summed E-state index contributed by atoms with van der Waals surface area (Å²) >= 11 is 1.24. The number of nitrogens with one attached hydrogen (secondary N) is 2. The minimum absolute atomic E-state index is 0.195. The number of ether oxygens (including phenoxy) is 2.